The smallest absolute Gasteiger partial charge is 0.357 e. The zero-order chi connectivity index (χ0) is 20.9. The summed E-state index contributed by atoms with van der Waals surface area (Å²) in [7, 11) is 0. The maximum absolute atomic E-state index is 13.1. The van der Waals surface area contributed by atoms with Gasteiger partial charge in [-0.05, 0) is 38.3 Å². The predicted octanol–water partition coefficient (Wildman–Crippen LogP) is 4.23. The summed E-state index contributed by atoms with van der Waals surface area (Å²) in [4.78, 5) is 8.82. The SMILES string of the molecule is CCNC(=NCC1(c2cccc(C(F)(F)F)c2)CCC1)NCCc1nc(C)no1.I. The van der Waals surface area contributed by atoms with Crippen molar-refractivity contribution in [3.63, 3.8) is 0 Å². The third-order valence-corrected chi connectivity index (χ3v) is 5.20. The maximum atomic E-state index is 13.1. The van der Waals surface area contributed by atoms with Gasteiger partial charge in [0.2, 0.25) is 5.89 Å². The summed E-state index contributed by atoms with van der Waals surface area (Å²) in [6.07, 6.45) is -1.12. The Labute approximate surface area is 191 Å². The molecule has 1 aliphatic carbocycles. The van der Waals surface area contributed by atoms with Crippen LogP contribution in [0.4, 0.5) is 13.2 Å². The van der Waals surface area contributed by atoms with Gasteiger partial charge in [0, 0.05) is 24.9 Å². The molecule has 1 saturated carbocycles. The van der Waals surface area contributed by atoms with Crippen molar-refractivity contribution in [3.8, 4) is 0 Å². The number of aliphatic imine (C=N–C) groups is 1. The predicted molar refractivity (Wildman–Crippen MR) is 119 cm³/mol. The molecule has 2 aromatic rings. The van der Waals surface area contributed by atoms with Crippen molar-refractivity contribution in [2.24, 2.45) is 4.99 Å². The van der Waals surface area contributed by atoms with Gasteiger partial charge in [0.1, 0.15) is 0 Å². The summed E-state index contributed by atoms with van der Waals surface area (Å²) < 4.78 is 44.4. The molecular weight excluding hydrogens is 510 g/mol. The lowest BCUT2D eigenvalue weighted by atomic mass is 9.64. The first-order valence-electron chi connectivity index (χ1n) is 9.81. The van der Waals surface area contributed by atoms with Crippen LogP contribution in [0.1, 0.15) is 49.0 Å². The zero-order valence-corrected chi connectivity index (χ0v) is 19.4. The maximum Gasteiger partial charge on any atom is 0.416 e. The average molecular weight is 537 g/mol. The molecule has 1 fully saturated rings. The molecule has 6 nitrogen and oxygen atoms in total. The van der Waals surface area contributed by atoms with E-state index in [1.54, 1.807) is 13.0 Å². The van der Waals surface area contributed by atoms with Crippen molar-refractivity contribution in [2.75, 3.05) is 19.6 Å². The van der Waals surface area contributed by atoms with Gasteiger partial charge in [0.05, 0.1) is 12.1 Å². The summed E-state index contributed by atoms with van der Waals surface area (Å²) in [6.45, 7) is 5.40. The second kappa shape index (κ2) is 10.5. The average Bonchev–Trinajstić information content (AvgIpc) is 3.05. The van der Waals surface area contributed by atoms with Crippen molar-refractivity contribution in [3.05, 3.63) is 47.1 Å². The molecule has 0 aliphatic heterocycles. The molecule has 2 N–H and O–H groups in total. The number of hydrogen-bond donors (Lipinski definition) is 2. The molecular formula is C20H27F3IN5O. The van der Waals surface area contributed by atoms with E-state index in [1.807, 2.05) is 6.92 Å². The van der Waals surface area contributed by atoms with Crippen LogP contribution in [0.25, 0.3) is 0 Å². The second-order valence-corrected chi connectivity index (χ2v) is 7.32. The second-order valence-electron chi connectivity index (χ2n) is 7.32. The first-order chi connectivity index (χ1) is 13.8. The number of hydrogen-bond acceptors (Lipinski definition) is 4. The fourth-order valence-electron chi connectivity index (χ4n) is 3.47. The third-order valence-electron chi connectivity index (χ3n) is 5.20. The number of aromatic nitrogens is 2. The van der Waals surface area contributed by atoms with Gasteiger partial charge < -0.3 is 15.2 Å². The molecule has 0 saturated heterocycles. The Balaban J connectivity index is 0.00000320. The Bertz CT molecular complexity index is 849. The monoisotopic (exact) mass is 537 g/mol. The van der Waals surface area contributed by atoms with Gasteiger partial charge in [-0.15, -0.1) is 24.0 Å². The molecule has 0 bridgehead atoms. The largest absolute Gasteiger partial charge is 0.416 e. The van der Waals surface area contributed by atoms with E-state index in [0.29, 0.717) is 49.3 Å². The van der Waals surface area contributed by atoms with Crippen LogP contribution < -0.4 is 10.6 Å². The molecule has 1 aromatic carbocycles. The van der Waals surface area contributed by atoms with Crippen LogP contribution >= 0.6 is 24.0 Å². The molecule has 3 rings (SSSR count). The number of nitrogens with one attached hydrogen (secondary N) is 2. The minimum Gasteiger partial charge on any atom is -0.357 e. The van der Waals surface area contributed by atoms with Gasteiger partial charge in [-0.1, -0.05) is 29.8 Å². The minimum atomic E-state index is -4.34. The van der Waals surface area contributed by atoms with E-state index in [9.17, 15) is 13.2 Å². The molecule has 0 spiro atoms. The van der Waals surface area contributed by atoms with E-state index in [1.165, 1.54) is 12.1 Å². The fourth-order valence-corrected chi connectivity index (χ4v) is 3.47. The Hall–Kier alpha value is -1.85. The fraction of sp³-hybridized carbons (Fsp3) is 0.550. The lowest BCUT2D eigenvalue weighted by Crippen LogP contribution is -2.42. The van der Waals surface area contributed by atoms with Crippen LogP contribution in [0.2, 0.25) is 0 Å². The standard InChI is InChI=1S/C20H26F3N5O.HI/c1-3-24-18(25-11-8-17-27-14(2)28-29-17)26-13-19(9-5-10-19)15-6-4-7-16(12-15)20(21,22)23;/h4,6-7,12H,3,5,8-11,13H2,1-2H3,(H2,24,25,26);1H. The van der Waals surface area contributed by atoms with Crippen molar-refractivity contribution in [2.45, 2.75) is 51.1 Å². The number of alkyl halides is 3. The van der Waals surface area contributed by atoms with Crippen LogP contribution in [-0.2, 0) is 18.0 Å². The van der Waals surface area contributed by atoms with Crippen LogP contribution in [0.5, 0.6) is 0 Å². The van der Waals surface area contributed by atoms with Crippen LogP contribution in [-0.4, -0.2) is 35.7 Å². The van der Waals surface area contributed by atoms with Crippen LogP contribution in [0, 0.1) is 6.92 Å². The number of nitrogens with zero attached hydrogens (tertiary/aromatic N) is 3. The molecule has 0 unspecified atom stereocenters. The van der Waals surface area contributed by atoms with E-state index in [0.717, 1.165) is 25.3 Å². The van der Waals surface area contributed by atoms with E-state index < -0.39 is 11.7 Å². The van der Waals surface area contributed by atoms with Crippen molar-refractivity contribution in [1.29, 1.82) is 0 Å². The van der Waals surface area contributed by atoms with Gasteiger partial charge in [0.25, 0.3) is 0 Å². The van der Waals surface area contributed by atoms with Gasteiger partial charge in [-0.2, -0.15) is 18.2 Å². The molecule has 10 heteroatoms. The first kappa shape index (κ1) is 24.4. The molecule has 166 valence electrons. The summed E-state index contributed by atoms with van der Waals surface area (Å²) in [6, 6.07) is 5.65. The lowest BCUT2D eigenvalue weighted by Gasteiger charge is -2.41. The number of halogens is 4. The lowest BCUT2D eigenvalue weighted by molar-refractivity contribution is -0.137. The molecule has 1 aliphatic rings. The van der Waals surface area contributed by atoms with E-state index >= 15 is 0 Å². The van der Waals surface area contributed by atoms with Gasteiger partial charge in [-0.25, -0.2) is 0 Å². The molecule has 1 heterocycles. The summed E-state index contributed by atoms with van der Waals surface area (Å²) in [5, 5.41) is 10.1. The van der Waals surface area contributed by atoms with Gasteiger partial charge >= 0.3 is 6.18 Å². The normalized spacial score (nSPS) is 15.8. The molecule has 0 atom stereocenters. The highest BCUT2D eigenvalue weighted by atomic mass is 127. The van der Waals surface area contributed by atoms with Gasteiger partial charge in [-0.3, -0.25) is 4.99 Å². The number of aryl methyl sites for hydroxylation is 1. The number of guanidine groups is 1. The van der Waals surface area contributed by atoms with Crippen molar-refractivity contribution in [1.82, 2.24) is 20.8 Å². The topological polar surface area (TPSA) is 75.3 Å². The quantitative estimate of drug-likeness (QED) is 0.314. The Morgan fingerprint density at radius 3 is 2.60 bits per heavy atom. The van der Waals surface area contributed by atoms with Crippen LogP contribution in [0.3, 0.4) is 0 Å². The van der Waals surface area contributed by atoms with Crippen LogP contribution in [0.15, 0.2) is 33.8 Å². The summed E-state index contributed by atoms with van der Waals surface area (Å²) >= 11 is 0. The highest BCUT2D eigenvalue weighted by Gasteiger charge is 2.40. The van der Waals surface area contributed by atoms with Crippen molar-refractivity contribution < 1.29 is 17.7 Å². The zero-order valence-electron chi connectivity index (χ0n) is 17.1. The summed E-state index contributed by atoms with van der Waals surface area (Å²) in [5.74, 6) is 1.76. The number of benzene rings is 1. The molecule has 30 heavy (non-hydrogen) atoms. The Morgan fingerprint density at radius 2 is 2.03 bits per heavy atom. The van der Waals surface area contributed by atoms with Crippen molar-refractivity contribution >= 4 is 29.9 Å². The van der Waals surface area contributed by atoms with E-state index in [4.69, 9.17) is 4.52 Å². The third kappa shape index (κ3) is 6.08. The summed E-state index contributed by atoms with van der Waals surface area (Å²) in [5.41, 5.74) is -0.239. The van der Waals surface area contributed by atoms with E-state index in [-0.39, 0.29) is 29.4 Å². The Kier molecular flexibility index (Phi) is 8.51. The number of rotatable bonds is 7. The van der Waals surface area contributed by atoms with Gasteiger partial charge in [0.15, 0.2) is 11.8 Å². The molecule has 0 amide bonds. The first-order valence-corrected chi connectivity index (χ1v) is 9.81. The van der Waals surface area contributed by atoms with E-state index in [2.05, 4.69) is 25.8 Å². The molecule has 1 aromatic heterocycles. The Morgan fingerprint density at radius 1 is 1.27 bits per heavy atom. The molecule has 0 radical (unpaired) electrons. The minimum absolute atomic E-state index is 0. The highest BCUT2D eigenvalue weighted by Crippen LogP contribution is 2.45. The highest BCUT2D eigenvalue weighted by molar-refractivity contribution is 14.0.